The van der Waals surface area contributed by atoms with E-state index in [1.54, 1.807) is 6.20 Å². The number of hydrogen-bond donors (Lipinski definition) is 2. The summed E-state index contributed by atoms with van der Waals surface area (Å²) in [6.45, 7) is 8.32. The summed E-state index contributed by atoms with van der Waals surface area (Å²) in [5.41, 5.74) is 5.01. The number of anilines is 2. The predicted octanol–water partition coefficient (Wildman–Crippen LogP) is 4.39. The molecule has 1 aliphatic carbocycles. The molecule has 4 aromatic rings. The number of aromatic nitrogens is 5. The van der Waals surface area contributed by atoms with E-state index in [1.165, 1.54) is 11.1 Å². The van der Waals surface area contributed by atoms with E-state index in [4.69, 9.17) is 9.97 Å². The Balaban J connectivity index is 1.45. The fourth-order valence-corrected chi connectivity index (χ4v) is 4.76. The molecule has 8 nitrogen and oxygen atoms in total. The van der Waals surface area contributed by atoms with Crippen LogP contribution >= 0.6 is 0 Å². The molecule has 0 amide bonds. The van der Waals surface area contributed by atoms with Crippen molar-refractivity contribution in [2.75, 3.05) is 11.9 Å². The quantitative estimate of drug-likeness (QED) is 0.461. The van der Waals surface area contributed by atoms with Crippen LogP contribution in [0.3, 0.4) is 0 Å². The van der Waals surface area contributed by atoms with Gasteiger partial charge in [0.05, 0.1) is 6.04 Å². The lowest BCUT2D eigenvalue weighted by Crippen LogP contribution is -2.23. The van der Waals surface area contributed by atoms with Gasteiger partial charge in [-0.1, -0.05) is 32.9 Å². The second-order valence-electron chi connectivity index (χ2n) is 10.6. The first kappa shape index (κ1) is 22.0. The van der Waals surface area contributed by atoms with Crippen molar-refractivity contribution < 1.29 is 0 Å². The van der Waals surface area contributed by atoms with Crippen LogP contribution in [-0.2, 0) is 18.4 Å². The first-order valence-corrected chi connectivity index (χ1v) is 12.5. The van der Waals surface area contributed by atoms with Crippen LogP contribution in [0.15, 0.2) is 47.4 Å². The highest BCUT2D eigenvalue weighted by molar-refractivity contribution is 5.77. The predicted molar refractivity (Wildman–Crippen MR) is 138 cm³/mol. The van der Waals surface area contributed by atoms with Gasteiger partial charge in [0.1, 0.15) is 5.39 Å². The van der Waals surface area contributed by atoms with Gasteiger partial charge in [-0.25, -0.2) is 19.3 Å². The van der Waals surface area contributed by atoms with Crippen LogP contribution in [0.25, 0.3) is 16.9 Å². The normalized spacial score (nSPS) is 16.2. The molecule has 0 bridgehead atoms. The molecule has 6 rings (SSSR count). The molecule has 3 aromatic heterocycles. The monoisotopic (exact) mass is 469 g/mol. The largest absolute Gasteiger partial charge is 0.324 e. The van der Waals surface area contributed by atoms with Gasteiger partial charge in [0.15, 0.2) is 11.5 Å². The zero-order chi connectivity index (χ0) is 24.2. The first-order chi connectivity index (χ1) is 16.9. The number of benzene rings is 1. The van der Waals surface area contributed by atoms with E-state index >= 15 is 0 Å². The molecule has 1 aliphatic heterocycles. The van der Waals surface area contributed by atoms with E-state index in [-0.39, 0.29) is 17.0 Å². The third kappa shape index (κ3) is 4.12. The summed E-state index contributed by atoms with van der Waals surface area (Å²) in [6, 6.07) is 12.6. The Morgan fingerprint density at radius 2 is 1.94 bits per heavy atom. The third-order valence-corrected chi connectivity index (χ3v) is 6.81. The average molecular weight is 470 g/mol. The molecule has 2 aliphatic rings. The molecule has 0 radical (unpaired) electrons. The van der Waals surface area contributed by atoms with Crippen molar-refractivity contribution in [2.45, 2.75) is 64.5 Å². The minimum absolute atomic E-state index is 0.0619. The Morgan fingerprint density at radius 1 is 1.09 bits per heavy atom. The zero-order valence-corrected chi connectivity index (χ0v) is 20.5. The highest BCUT2D eigenvalue weighted by Gasteiger charge is 2.31. The van der Waals surface area contributed by atoms with Crippen LogP contribution in [0.4, 0.5) is 11.6 Å². The fraction of sp³-hybridized carbons (Fsp3) is 0.407. The topological polar surface area (TPSA) is 89.7 Å². The van der Waals surface area contributed by atoms with Crippen LogP contribution in [-0.4, -0.2) is 30.9 Å². The molecule has 180 valence electrons. The van der Waals surface area contributed by atoms with E-state index in [2.05, 4.69) is 54.6 Å². The van der Waals surface area contributed by atoms with Gasteiger partial charge in [-0.2, -0.15) is 4.98 Å². The van der Waals surface area contributed by atoms with Crippen LogP contribution < -0.4 is 16.2 Å². The van der Waals surface area contributed by atoms with Gasteiger partial charge in [0, 0.05) is 29.5 Å². The van der Waals surface area contributed by atoms with Crippen molar-refractivity contribution >= 4 is 22.7 Å². The maximum atomic E-state index is 13.4. The average Bonchev–Trinajstić information content (AvgIpc) is 3.66. The van der Waals surface area contributed by atoms with Gasteiger partial charge in [0.2, 0.25) is 5.95 Å². The van der Waals surface area contributed by atoms with Gasteiger partial charge < -0.3 is 10.6 Å². The highest BCUT2D eigenvalue weighted by Crippen LogP contribution is 2.35. The summed E-state index contributed by atoms with van der Waals surface area (Å²) in [7, 11) is 0. The molecule has 0 spiro atoms. The zero-order valence-electron chi connectivity index (χ0n) is 20.5. The molecule has 0 saturated heterocycles. The van der Waals surface area contributed by atoms with E-state index < -0.39 is 0 Å². The highest BCUT2D eigenvalue weighted by atomic mass is 16.1. The Labute approximate surface area is 204 Å². The van der Waals surface area contributed by atoms with E-state index in [0.29, 0.717) is 22.8 Å². The second-order valence-corrected chi connectivity index (χ2v) is 10.6. The summed E-state index contributed by atoms with van der Waals surface area (Å²) in [6.07, 6.45) is 5.85. The fourth-order valence-electron chi connectivity index (χ4n) is 4.76. The number of nitrogens with one attached hydrogen (secondary N) is 2. The van der Waals surface area contributed by atoms with Crippen LogP contribution in [0.5, 0.6) is 0 Å². The lowest BCUT2D eigenvalue weighted by Gasteiger charge is -2.19. The lowest BCUT2D eigenvalue weighted by atomic mass is 9.92. The summed E-state index contributed by atoms with van der Waals surface area (Å²) in [5.74, 6) is 1.17. The van der Waals surface area contributed by atoms with E-state index in [1.807, 2.05) is 27.6 Å². The second kappa shape index (κ2) is 8.30. The number of rotatable bonds is 4. The van der Waals surface area contributed by atoms with Crippen molar-refractivity contribution in [1.29, 1.82) is 0 Å². The maximum absolute atomic E-state index is 13.4. The van der Waals surface area contributed by atoms with Crippen molar-refractivity contribution in [2.24, 2.45) is 0 Å². The summed E-state index contributed by atoms with van der Waals surface area (Å²) < 4.78 is 3.70. The number of aryl methyl sites for hydroxylation is 1. The van der Waals surface area contributed by atoms with E-state index in [9.17, 15) is 4.79 Å². The molecule has 4 heterocycles. The van der Waals surface area contributed by atoms with Crippen molar-refractivity contribution in [3.63, 3.8) is 0 Å². The van der Waals surface area contributed by atoms with Gasteiger partial charge in [-0.15, -0.1) is 0 Å². The van der Waals surface area contributed by atoms with Crippen molar-refractivity contribution in [3.8, 4) is 5.82 Å². The molecule has 8 heteroatoms. The van der Waals surface area contributed by atoms with Crippen molar-refractivity contribution in [3.05, 3.63) is 69.8 Å². The maximum Gasteiger partial charge on any atom is 0.278 e. The Kier molecular flexibility index (Phi) is 5.21. The van der Waals surface area contributed by atoms with Crippen molar-refractivity contribution in [1.82, 2.24) is 29.6 Å². The summed E-state index contributed by atoms with van der Waals surface area (Å²) >= 11 is 0. The third-order valence-electron chi connectivity index (χ3n) is 6.81. The molecular weight excluding hydrogens is 438 g/mol. The standard InChI is InChI=1S/C27H31N7O/c1-27(2,3)22-7-4-8-23(31-22)34-24-21(25(35)33(34)20-11-12-20)16-29-26(32-24)30-19-10-9-17-6-5-13-28-15-18(17)14-19/h4,7-10,14,16,20,28H,5-6,11-13,15H2,1-3H3,(H,29,30,32). The Bertz CT molecular complexity index is 1470. The smallest absolute Gasteiger partial charge is 0.278 e. The van der Waals surface area contributed by atoms with Crippen LogP contribution in [0.1, 0.15) is 62.9 Å². The SMILES string of the molecule is CC(C)(C)c1cccc(-n2c3nc(Nc4ccc5c(c4)CNCCC5)ncc3c(=O)n2C2CC2)n1. The Morgan fingerprint density at radius 3 is 2.74 bits per heavy atom. The molecule has 0 unspecified atom stereocenters. The Hall–Kier alpha value is -3.52. The first-order valence-electron chi connectivity index (χ1n) is 12.5. The van der Waals surface area contributed by atoms with Gasteiger partial charge >= 0.3 is 0 Å². The number of hydrogen-bond acceptors (Lipinski definition) is 6. The van der Waals surface area contributed by atoms with Gasteiger partial charge in [-0.05, 0) is 67.6 Å². The number of fused-ring (bicyclic) bond motifs is 2. The molecular formula is C27H31N7O. The van der Waals surface area contributed by atoms with E-state index in [0.717, 1.165) is 50.2 Å². The molecule has 0 atom stereocenters. The molecule has 35 heavy (non-hydrogen) atoms. The number of pyridine rings is 1. The molecule has 2 N–H and O–H groups in total. The molecule has 1 saturated carbocycles. The lowest BCUT2D eigenvalue weighted by molar-refractivity contribution is 0.537. The summed E-state index contributed by atoms with van der Waals surface area (Å²) in [4.78, 5) is 27.6. The summed E-state index contributed by atoms with van der Waals surface area (Å²) in [5, 5.41) is 7.35. The van der Waals surface area contributed by atoms with Gasteiger partial charge in [-0.3, -0.25) is 4.79 Å². The van der Waals surface area contributed by atoms with Gasteiger partial charge in [0.25, 0.3) is 5.56 Å². The number of nitrogens with zero attached hydrogens (tertiary/aromatic N) is 5. The van der Waals surface area contributed by atoms with Crippen LogP contribution in [0.2, 0.25) is 0 Å². The minimum atomic E-state index is -0.106. The van der Waals surface area contributed by atoms with Crippen LogP contribution in [0, 0.1) is 0 Å². The molecule has 1 aromatic carbocycles. The minimum Gasteiger partial charge on any atom is -0.324 e. The molecule has 1 fully saturated rings.